The van der Waals surface area contributed by atoms with Gasteiger partial charge in [0.15, 0.2) is 0 Å². The number of nitrogens with zero attached hydrogens (tertiary/aromatic N) is 4. The summed E-state index contributed by atoms with van der Waals surface area (Å²) in [7, 11) is 1.25. The monoisotopic (exact) mass is 365 g/mol. The molecule has 0 bridgehead atoms. The first kappa shape index (κ1) is 18.2. The van der Waals surface area contributed by atoms with Crippen molar-refractivity contribution in [2.45, 2.75) is 20.8 Å². The highest BCUT2D eigenvalue weighted by Crippen LogP contribution is 2.25. The second kappa shape index (κ2) is 7.36. The maximum absolute atomic E-state index is 12.5. The van der Waals surface area contributed by atoms with Gasteiger partial charge in [-0.25, -0.2) is 14.8 Å². The zero-order valence-electron chi connectivity index (χ0n) is 15.5. The average Bonchev–Trinajstić information content (AvgIpc) is 2.89. The fourth-order valence-electron chi connectivity index (χ4n) is 2.70. The van der Waals surface area contributed by atoms with E-state index in [9.17, 15) is 9.59 Å². The molecule has 1 amide bonds. The summed E-state index contributed by atoms with van der Waals surface area (Å²) in [5, 5.41) is 2.67. The zero-order valence-corrected chi connectivity index (χ0v) is 15.5. The number of aromatic nitrogens is 2. The second-order valence-electron chi connectivity index (χ2n) is 6.07. The molecule has 1 aliphatic rings. The normalized spacial score (nSPS) is 16.7. The van der Waals surface area contributed by atoms with Crippen molar-refractivity contribution >= 4 is 29.5 Å². The van der Waals surface area contributed by atoms with Gasteiger partial charge in [0.25, 0.3) is 11.9 Å². The first-order valence-electron chi connectivity index (χ1n) is 8.26. The van der Waals surface area contributed by atoms with Crippen molar-refractivity contribution in [1.29, 1.82) is 0 Å². The van der Waals surface area contributed by atoms with Crippen LogP contribution in [0.4, 0.5) is 11.6 Å². The van der Waals surface area contributed by atoms with Crippen molar-refractivity contribution in [3.05, 3.63) is 59.1 Å². The van der Waals surface area contributed by atoms with E-state index in [4.69, 9.17) is 0 Å². The van der Waals surface area contributed by atoms with E-state index in [1.807, 2.05) is 51.1 Å². The number of benzene rings is 1. The molecular weight excluding hydrogens is 346 g/mol. The highest BCUT2D eigenvalue weighted by molar-refractivity contribution is 6.24. The Bertz CT molecular complexity index is 961. The molecule has 27 heavy (non-hydrogen) atoms. The van der Waals surface area contributed by atoms with Crippen LogP contribution in [-0.2, 0) is 14.3 Å². The molecule has 1 N–H and O–H groups in total. The Hall–Kier alpha value is -3.55. The number of aryl methyl sites for hydroxylation is 3. The van der Waals surface area contributed by atoms with Gasteiger partial charge in [-0.1, -0.05) is 12.1 Å². The third kappa shape index (κ3) is 4.00. The van der Waals surface area contributed by atoms with Gasteiger partial charge in [0.05, 0.1) is 13.2 Å². The summed E-state index contributed by atoms with van der Waals surface area (Å²) >= 11 is 0. The van der Waals surface area contributed by atoms with Crippen LogP contribution in [0, 0.1) is 20.8 Å². The molecule has 1 fully saturated rings. The fraction of sp³-hybridized carbons (Fsp3) is 0.211. The van der Waals surface area contributed by atoms with Gasteiger partial charge < -0.3 is 4.74 Å². The van der Waals surface area contributed by atoms with Crippen LogP contribution >= 0.6 is 0 Å². The first-order valence-corrected chi connectivity index (χ1v) is 8.26. The van der Waals surface area contributed by atoms with E-state index in [0.29, 0.717) is 5.69 Å². The lowest BCUT2D eigenvalue weighted by Crippen LogP contribution is -2.29. The number of aliphatic imine (C=N–C) groups is 1. The number of carbonyl (C=O) groups is 2. The summed E-state index contributed by atoms with van der Waals surface area (Å²) < 4.78 is 4.67. The van der Waals surface area contributed by atoms with E-state index in [-0.39, 0.29) is 17.6 Å². The Balaban J connectivity index is 2.14. The fourth-order valence-corrected chi connectivity index (χ4v) is 2.70. The van der Waals surface area contributed by atoms with Gasteiger partial charge in [-0.2, -0.15) is 4.99 Å². The first-order chi connectivity index (χ1) is 12.9. The number of hydrogen-bond acceptors (Lipinski definition) is 6. The van der Waals surface area contributed by atoms with Crippen LogP contribution in [0.15, 0.2) is 47.1 Å². The van der Waals surface area contributed by atoms with Crippen LogP contribution in [0.1, 0.15) is 17.0 Å². The summed E-state index contributed by atoms with van der Waals surface area (Å²) in [6, 6.07) is 9.31. The van der Waals surface area contributed by atoms with Gasteiger partial charge in [-0.15, -0.1) is 0 Å². The predicted octanol–water partition coefficient (Wildman–Crippen LogP) is 2.08. The largest absolute Gasteiger partial charge is 0.466 e. The summed E-state index contributed by atoms with van der Waals surface area (Å²) in [6.07, 6.45) is 1.13. The van der Waals surface area contributed by atoms with Gasteiger partial charge >= 0.3 is 5.97 Å². The van der Waals surface area contributed by atoms with Crippen LogP contribution in [0.25, 0.3) is 0 Å². The number of anilines is 1. The quantitative estimate of drug-likeness (QED) is 0.661. The molecule has 8 nitrogen and oxygen atoms in total. The van der Waals surface area contributed by atoms with Crippen molar-refractivity contribution in [1.82, 2.24) is 15.3 Å². The molecule has 2 aromatic rings. The number of ether oxygens (including phenoxy) is 1. The van der Waals surface area contributed by atoms with Gasteiger partial charge in [0.2, 0.25) is 5.96 Å². The number of amides is 1. The summed E-state index contributed by atoms with van der Waals surface area (Å²) in [5.74, 6) is -0.669. The van der Waals surface area contributed by atoms with Crippen LogP contribution in [0.5, 0.6) is 0 Å². The molecule has 3 rings (SSSR count). The van der Waals surface area contributed by atoms with Crippen molar-refractivity contribution in [3.8, 4) is 0 Å². The van der Waals surface area contributed by atoms with Crippen molar-refractivity contribution in [2.24, 2.45) is 4.99 Å². The van der Waals surface area contributed by atoms with Crippen LogP contribution in [0.3, 0.4) is 0 Å². The van der Waals surface area contributed by atoms with Crippen molar-refractivity contribution < 1.29 is 14.3 Å². The van der Waals surface area contributed by atoms with Crippen LogP contribution in [-0.4, -0.2) is 34.9 Å². The summed E-state index contributed by atoms with van der Waals surface area (Å²) in [4.78, 5) is 38.7. The molecule has 0 saturated carbocycles. The van der Waals surface area contributed by atoms with E-state index >= 15 is 0 Å². The third-order valence-electron chi connectivity index (χ3n) is 3.80. The molecule has 138 valence electrons. The molecule has 1 saturated heterocycles. The van der Waals surface area contributed by atoms with Crippen LogP contribution in [0.2, 0.25) is 0 Å². The van der Waals surface area contributed by atoms with Crippen molar-refractivity contribution in [2.75, 3.05) is 12.0 Å². The van der Waals surface area contributed by atoms with Gasteiger partial charge in [-0.3, -0.25) is 15.0 Å². The lowest BCUT2D eigenvalue weighted by Gasteiger charge is -2.18. The standard InChI is InChI=1S/C19H19N5O3/c1-11-6-5-7-14(8-11)24-15(10-16(25)27-4)17(26)22-19(24)23-18-20-12(2)9-13(3)21-18/h5-10H,1-4H3,(H,20,21,22,23,26)/b15-10-. The molecule has 1 aromatic heterocycles. The summed E-state index contributed by atoms with van der Waals surface area (Å²) in [6.45, 7) is 5.61. The SMILES string of the molecule is COC(=O)/C=C1/C(=O)N/C(=N\c2nc(C)cc(C)n2)N1c1cccc(C)c1. The Morgan fingerprint density at radius 3 is 2.52 bits per heavy atom. The second-order valence-corrected chi connectivity index (χ2v) is 6.07. The number of guanidine groups is 1. The van der Waals surface area contributed by atoms with E-state index < -0.39 is 11.9 Å². The maximum Gasteiger partial charge on any atom is 0.332 e. The summed E-state index contributed by atoms with van der Waals surface area (Å²) in [5.41, 5.74) is 3.30. The Kier molecular flexibility index (Phi) is 4.98. The molecule has 0 unspecified atom stereocenters. The minimum absolute atomic E-state index is 0.107. The molecule has 1 aromatic carbocycles. The Labute approximate surface area is 156 Å². The van der Waals surface area contributed by atoms with E-state index in [2.05, 4.69) is 25.0 Å². The molecular formula is C19H19N5O3. The zero-order chi connectivity index (χ0) is 19.6. The maximum atomic E-state index is 12.5. The number of methoxy groups -OCH3 is 1. The number of esters is 1. The molecule has 8 heteroatoms. The lowest BCUT2D eigenvalue weighted by molar-refractivity contribution is -0.135. The molecule has 2 heterocycles. The molecule has 0 radical (unpaired) electrons. The number of nitrogens with one attached hydrogen (secondary N) is 1. The smallest absolute Gasteiger partial charge is 0.332 e. The van der Waals surface area contributed by atoms with Crippen molar-refractivity contribution in [3.63, 3.8) is 0 Å². The Morgan fingerprint density at radius 1 is 1.19 bits per heavy atom. The topological polar surface area (TPSA) is 96.8 Å². The van der Waals surface area contributed by atoms with E-state index in [0.717, 1.165) is 23.0 Å². The number of hydrogen-bond donors (Lipinski definition) is 1. The molecule has 0 aliphatic carbocycles. The minimum Gasteiger partial charge on any atom is -0.466 e. The van der Waals surface area contributed by atoms with Gasteiger partial charge in [0.1, 0.15) is 5.70 Å². The average molecular weight is 365 g/mol. The Morgan fingerprint density at radius 2 is 1.89 bits per heavy atom. The van der Waals surface area contributed by atoms with E-state index in [1.165, 1.54) is 7.11 Å². The molecule has 0 spiro atoms. The highest BCUT2D eigenvalue weighted by Gasteiger charge is 2.34. The van der Waals surface area contributed by atoms with Gasteiger partial charge in [0, 0.05) is 17.1 Å². The molecule has 1 aliphatic heterocycles. The number of rotatable bonds is 3. The van der Waals surface area contributed by atoms with Gasteiger partial charge in [-0.05, 0) is 44.5 Å². The van der Waals surface area contributed by atoms with Crippen LogP contribution < -0.4 is 10.2 Å². The molecule has 0 atom stereocenters. The number of carbonyl (C=O) groups excluding carboxylic acids is 2. The third-order valence-corrected chi connectivity index (χ3v) is 3.80. The predicted molar refractivity (Wildman–Crippen MR) is 101 cm³/mol. The minimum atomic E-state index is -0.637. The van der Waals surface area contributed by atoms with E-state index in [1.54, 1.807) is 4.90 Å². The lowest BCUT2D eigenvalue weighted by atomic mass is 10.2. The highest BCUT2D eigenvalue weighted by atomic mass is 16.5.